The standard InChI is InChI=1S/C10H15F3N2O2/c1-3-4-5-8-6-9(17,10(11,12)13)15(14-8)7(2)16/h17H,3-6H2,1-2H3/t9-/m1/s1. The van der Waals surface area contributed by atoms with Gasteiger partial charge in [0.15, 0.2) is 0 Å². The van der Waals surface area contributed by atoms with E-state index in [0.717, 1.165) is 13.3 Å². The smallest absolute Gasteiger partial charge is 0.362 e. The highest BCUT2D eigenvalue weighted by Crippen LogP contribution is 2.40. The summed E-state index contributed by atoms with van der Waals surface area (Å²) in [6.07, 6.45) is -3.72. The largest absolute Gasteiger partial charge is 0.438 e. The van der Waals surface area contributed by atoms with Crippen molar-refractivity contribution in [3.05, 3.63) is 0 Å². The summed E-state index contributed by atoms with van der Waals surface area (Å²) in [5.41, 5.74) is -2.97. The maximum absolute atomic E-state index is 12.7. The zero-order valence-corrected chi connectivity index (χ0v) is 9.71. The SMILES string of the molecule is CCCCC1=NN(C(C)=O)[C@](O)(C(F)(F)F)C1. The Balaban J connectivity index is 2.93. The number of carbonyl (C=O) groups excluding carboxylic acids is 1. The molecule has 0 aromatic heterocycles. The number of hydrazone groups is 1. The second kappa shape index (κ2) is 4.64. The average Bonchev–Trinajstić information content (AvgIpc) is 2.53. The van der Waals surface area contributed by atoms with Gasteiger partial charge < -0.3 is 5.11 Å². The number of unbranched alkanes of at least 4 members (excludes halogenated alkanes) is 1. The van der Waals surface area contributed by atoms with Gasteiger partial charge in [-0.25, -0.2) is 0 Å². The van der Waals surface area contributed by atoms with E-state index in [0.29, 0.717) is 12.8 Å². The predicted octanol–water partition coefficient (Wildman–Crippen LogP) is 2.04. The van der Waals surface area contributed by atoms with Crippen LogP contribution in [0.4, 0.5) is 13.2 Å². The second-order valence-electron chi connectivity index (χ2n) is 4.09. The Kier molecular flexibility index (Phi) is 3.81. The molecule has 0 aliphatic carbocycles. The second-order valence-corrected chi connectivity index (χ2v) is 4.09. The van der Waals surface area contributed by atoms with Crippen molar-refractivity contribution >= 4 is 11.6 Å². The van der Waals surface area contributed by atoms with Crippen LogP contribution in [0.2, 0.25) is 0 Å². The van der Waals surface area contributed by atoms with Gasteiger partial charge in [0.05, 0.1) is 0 Å². The monoisotopic (exact) mass is 252 g/mol. The molecule has 17 heavy (non-hydrogen) atoms. The maximum atomic E-state index is 12.7. The fourth-order valence-corrected chi connectivity index (χ4v) is 1.69. The van der Waals surface area contributed by atoms with Gasteiger partial charge in [-0.2, -0.15) is 23.3 Å². The lowest BCUT2D eigenvalue weighted by Crippen LogP contribution is -2.56. The van der Waals surface area contributed by atoms with E-state index in [1.807, 2.05) is 6.92 Å². The fourth-order valence-electron chi connectivity index (χ4n) is 1.69. The molecule has 4 nitrogen and oxygen atoms in total. The third-order valence-electron chi connectivity index (χ3n) is 2.61. The number of aliphatic hydroxyl groups is 1. The molecule has 1 amide bonds. The molecule has 1 rings (SSSR count). The Bertz CT molecular complexity index is 341. The minimum atomic E-state index is -4.91. The van der Waals surface area contributed by atoms with Crippen LogP contribution in [0.1, 0.15) is 39.5 Å². The number of rotatable bonds is 3. The van der Waals surface area contributed by atoms with Gasteiger partial charge in [0.2, 0.25) is 5.91 Å². The summed E-state index contributed by atoms with van der Waals surface area (Å²) in [5.74, 6) is -0.920. The number of hydrogen-bond donors (Lipinski definition) is 1. The fraction of sp³-hybridized carbons (Fsp3) is 0.800. The summed E-state index contributed by atoms with van der Waals surface area (Å²) in [6.45, 7) is 2.84. The van der Waals surface area contributed by atoms with E-state index >= 15 is 0 Å². The topological polar surface area (TPSA) is 52.9 Å². The Hall–Kier alpha value is -1.11. The summed E-state index contributed by atoms with van der Waals surface area (Å²) in [7, 11) is 0. The van der Waals surface area contributed by atoms with Gasteiger partial charge >= 0.3 is 6.18 Å². The molecular weight excluding hydrogens is 237 g/mol. The molecule has 0 bridgehead atoms. The first-order valence-electron chi connectivity index (χ1n) is 5.38. The maximum Gasteiger partial charge on any atom is 0.438 e. The van der Waals surface area contributed by atoms with Gasteiger partial charge in [-0.05, 0) is 12.8 Å². The van der Waals surface area contributed by atoms with Crippen molar-refractivity contribution in [2.24, 2.45) is 5.10 Å². The molecule has 1 atom stereocenters. The average molecular weight is 252 g/mol. The normalized spacial score (nSPS) is 25.1. The summed E-state index contributed by atoms with van der Waals surface area (Å²) < 4.78 is 38.2. The van der Waals surface area contributed by atoms with Gasteiger partial charge in [-0.3, -0.25) is 4.79 Å². The third kappa shape index (κ3) is 2.59. The van der Waals surface area contributed by atoms with E-state index in [1.165, 1.54) is 0 Å². The number of amides is 1. The molecule has 0 saturated heterocycles. The van der Waals surface area contributed by atoms with Crippen molar-refractivity contribution in [2.45, 2.75) is 51.4 Å². The molecule has 98 valence electrons. The van der Waals surface area contributed by atoms with Gasteiger partial charge in [0.25, 0.3) is 5.72 Å². The third-order valence-corrected chi connectivity index (χ3v) is 2.61. The van der Waals surface area contributed by atoms with E-state index in [4.69, 9.17) is 0 Å². The van der Waals surface area contributed by atoms with Crippen LogP contribution in [-0.4, -0.2) is 33.6 Å². The van der Waals surface area contributed by atoms with Crippen LogP contribution < -0.4 is 0 Å². The van der Waals surface area contributed by atoms with Gasteiger partial charge in [0.1, 0.15) is 0 Å². The quantitative estimate of drug-likeness (QED) is 0.835. The molecule has 0 unspecified atom stereocenters. The molecule has 1 aliphatic rings. The molecule has 7 heteroatoms. The number of nitrogens with zero attached hydrogens (tertiary/aromatic N) is 2. The van der Waals surface area contributed by atoms with E-state index in [2.05, 4.69) is 5.10 Å². The highest BCUT2D eigenvalue weighted by Gasteiger charge is 2.62. The van der Waals surface area contributed by atoms with Crippen molar-refractivity contribution in [2.75, 3.05) is 0 Å². The zero-order chi connectivity index (χ0) is 13.3. The lowest BCUT2D eigenvalue weighted by atomic mass is 10.0. The minimum absolute atomic E-state index is 0.137. The van der Waals surface area contributed by atoms with Crippen molar-refractivity contribution in [3.63, 3.8) is 0 Å². The van der Waals surface area contributed by atoms with Crippen molar-refractivity contribution in [1.29, 1.82) is 0 Å². The molecule has 0 aromatic carbocycles. The Morgan fingerprint density at radius 1 is 1.59 bits per heavy atom. The molecule has 0 saturated carbocycles. The summed E-state index contributed by atoms with van der Waals surface area (Å²) >= 11 is 0. The predicted molar refractivity (Wildman–Crippen MR) is 55.1 cm³/mol. The van der Waals surface area contributed by atoms with E-state index in [1.54, 1.807) is 0 Å². The van der Waals surface area contributed by atoms with E-state index < -0.39 is 24.2 Å². The Morgan fingerprint density at radius 3 is 2.53 bits per heavy atom. The summed E-state index contributed by atoms with van der Waals surface area (Å²) in [6, 6.07) is 0. The van der Waals surface area contributed by atoms with Crippen LogP contribution in [-0.2, 0) is 4.79 Å². The molecule has 0 fully saturated rings. The first-order valence-corrected chi connectivity index (χ1v) is 5.38. The number of alkyl halides is 3. The van der Waals surface area contributed by atoms with Crippen molar-refractivity contribution in [1.82, 2.24) is 5.01 Å². The molecule has 1 aliphatic heterocycles. The molecule has 0 spiro atoms. The molecule has 0 aromatic rings. The van der Waals surface area contributed by atoms with Crippen LogP contribution in [0.5, 0.6) is 0 Å². The Labute approximate surface area is 97.1 Å². The van der Waals surface area contributed by atoms with E-state index in [9.17, 15) is 23.1 Å². The van der Waals surface area contributed by atoms with Crippen LogP contribution in [0.3, 0.4) is 0 Å². The van der Waals surface area contributed by atoms with E-state index in [-0.39, 0.29) is 10.7 Å². The van der Waals surface area contributed by atoms with Crippen LogP contribution >= 0.6 is 0 Å². The van der Waals surface area contributed by atoms with Crippen LogP contribution in [0.15, 0.2) is 5.10 Å². The van der Waals surface area contributed by atoms with Crippen molar-refractivity contribution in [3.8, 4) is 0 Å². The zero-order valence-electron chi connectivity index (χ0n) is 9.71. The first-order chi connectivity index (χ1) is 7.72. The van der Waals surface area contributed by atoms with Gasteiger partial charge in [-0.15, -0.1) is 0 Å². The lowest BCUT2D eigenvalue weighted by molar-refractivity contribution is -0.302. The molecular formula is C10H15F3N2O2. The van der Waals surface area contributed by atoms with Crippen LogP contribution in [0.25, 0.3) is 0 Å². The Morgan fingerprint density at radius 2 is 2.18 bits per heavy atom. The highest BCUT2D eigenvalue weighted by atomic mass is 19.4. The summed E-state index contributed by atoms with van der Waals surface area (Å²) in [4.78, 5) is 11.1. The van der Waals surface area contributed by atoms with Gasteiger partial charge in [-0.1, -0.05) is 13.3 Å². The molecule has 1 N–H and O–H groups in total. The first kappa shape index (κ1) is 14.0. The number of carbonyl (C=O) groups is 1. The van der Waals surface area contributed by atoms with Crippen molar-refractivity contribution < 1.29 is 23.1 Å². The molecule has 1 heterocycles. The van der Waals surface area contributed by atoms with Crippen LogP contribution in [0, 0.1) is 0 Å². The summed E-state index contributed by atoms with van der Waals surface area (Å²) in [5, 5.41) is 13.3. The molecule has 0 radical (unpaired) electrons. The minimum Gasteiger partial charge on any atom is -0.362 e. The number of halogens is 3. The highest BCUT2D eigenvalue weighted by molar-refractivity contribution is 5.90. The lowest BCUT2D eigenvalue weighted by Gasteiger charge is -2.31. The van der Waals surface area contributed by atoms with Gasteiger partial charge in [0, 0.05) is 19.1 Å². The number of hydrogen-bond acceptors (Lipinski definition) is 3.